The number of halogens is 2. The number of amides is 1. The molecule has 0 aliphatic rings. The highest BCUT2D eigenvalue weighted by Crippen LogP contribution is 2.25. The first kappa shape index (κ1) is 18.9. The lowest BCUT2D eigenvalue weighted by molar-refractivity contribution is 0.102. The maximum Gasteiger partial charge on any atom is 0.277 e. The molecule has 0 saturated carbocycles. The largest absolute Gasteiger partial charge is 0.382 e. The Labute approximate surface area is 163 Å². The maximum absolute atomic E-state index is 12.9. The van der Waals surface area contributed by atoms with Crippen LogP contribution in [0.2, 0.25) is 5.02 Å². The van der Waals surface area contributed by atoms with Crippen LogP contribution in [0.1, 0.15) is 15.9 Å². The number of aromatic amines is 1. The number of nitrogens with two attached hydrogens (primary N) is 1. The quantitative estimate of drug-likeness (QED) is 0.444. The lowest BCUT2D eigenvalue weighted by Gasteiger charge is -2.09. The monoisotopic (exact) mass is 404 g/mol. The molecule has 0 saturated heterocycles. The van der Waals surface area contributed by atoms with Crippen LogP contribution in [-0.2, 0) is 5.75 Å². The van der Waals surface area contributed by atoms with Gasteiger partial charge in [0.25, 0.3) is 11.5 Å². The number of hydrogen-bond donors (Lipinski definition) is 3. The molecule has 6 nitrogen and oxygen atoms in total. The number of anilines is 2. The summed E-state index contributed by atoms with van der Waals surface area (Å²) in [6, 6.07) is 12.2. The van der Waals surface area contributed by atoms with Gasteiger partial charge in [-0.1, -0.05) is 41.6 Å². The maximum atomic E-state index is 12.9. The third-order valence-electron chi connectivity index (χ3n) is 3.59. The van der Waals surface area contributed by atoms with E-state index in [-0.39, 0.29) is 17.1 Å². The molecule has 9 heteroatoms. The van der Waals surface area contributed by atoms with Gasteiger partial charge in [-0.25, -0.2) is 9.37 Å². The molecule has 3 rings (SSSR count). The molecular formula is C18H14ClFN4O2S. The number of rotatable bonds is 5. The van der Waals surface area contributed by atoms with Gasteiger partial charge in [0.2, 0.25) is 0 Å². The van der Waals surface area contributed by atoms with Crippen molar-refractivity contribution in [3.8, 4) is 0 Å². The number of hydrogen-bond acceptors (Lipinski definition) is 5. The molecular weight excluding hydrogens is 391 g/mol. The lowest BCUT2D eigenvalue weighted by atomic mass is 10.2. The van der Waals surface area contributed by atoms with Gasteiger partial charge < -0.3 is 11.1 Å². The van der Waals surface area contributed by atoms with Crippen LogP contribution in [0.25, 0.3) is 0 Å². The Morgan fingerprint density at radius 1 is 1.22 bits per heavy atom. The first-order valence-electron chi connectivity index (χ1n) is 7.77. The SMILES string of the molecule is Nc1nc(SCc2ccccc2Cl)[nH]c(=O)c1NC(=O)c1ccc(F)cc1. The number of carbonyl (C=O) groups is 1. The van der Waals surface area contributed by atoms with Crippen LogP contribution in [0.4, 0.5) is 15.9 Å². The summed E-state index contributed by atoms with van der Waals surface area (Å²) in [7, 11) is 0. The van der Waals surface area contributed by atoms with Gasteiger partial charge in [0.15, 0.2) is 11.0 Å². The Morgan fingerprint density at radius 3 is 2.59 bits per heavy atom. The van der Waals surface area contributed by atoms with Crippen molar-refractivity contribution in [1.82, 2.24) is 9.97 Å². The molecule has 0 spiro atoms. The molecule has 4 N–H and O–H groups in total. The Hall–Kier alpha value is -2.84. The minimum absolute atomic E-state index is 0.115. The van der Waals surface area contributed by atoms with E-state index in [4.69, 9.17) is 17.3 Å². The third-order valence-corrected chi connectivity index (χ3v) is 4.88. The Morgan fingerprint density at radius 2 is 1.93 bits per heavy atom. The van der Waals surface area contributed by atoms with Crippen LogP contribution >= 0.6 is 23.4 Å². The summed E-state index contributed by atoms with van der Waals surface area (Å²) in [5.41, 5.74) is 6.16. The number of benzene rings is 2. The molecule has 0 atom stereocenters. The van der Waals surface area contributed by atoms with E-state index in [0.29, 0.717) is 15.9 Å². The van der Waals surface area contributed by atoms with Gasteiger partial charge in [0, 0.05) is 16.3 Å². The van der Waals surface area contributed by atoms with Crippen LogP contribution in [0.5, 0.6) is 0 Å². The molecule has 0 radical (unpaired) electrons. The van der Waals surface area contributed by atoms with Gasteiger partial charge in [-0.2, -0.15) is 0 Å². The molecule has 138 valence electrons. The first-order valence-corrected chi connectivity index (χ1v) is 9.13. The van der Waals surface area contributed by atoms with E-state index in [0.717, 1.165) is 17.7 Å². The molecule has 0 aliphatic carbocycles. The fourth-order valence-corrected chi connectivity index (χ4v) is 3.36. The van der Waals surface area contributed by atoms with Gasteiger partial charge in [-0.05, 0) is 35.9 Å². The van der Waals surface area contributed by atoms with Gasteiger partial charge in [0.1, 0.15) is 11.5 Å². The fourth-order valence-electron chi connectivity index (χ4n) is 2.21. The average molecular weight is 405 g/mol. The van der Waals surface area contributed by atoms with E-state index >= 15 is 0 Å². The molecule has 1 amide bonds. The second-order valence-electron chi connectivity index (χ2n) is 5.47. The van der Waals surface area contributed by atoms with Crippen molar-refractivity contribution >= 4 is 40.8 Å². The second-order valence-corrected chi connectivity index (χ2v) is 6.84. The summed E-state index contributed by atoms with van der Waals surface area (Å²) < 4.78 is 12.9. The highest BCUT2D eigenvalue weighted by Gasteiger charge is 2.14. The zero-order chi connectivity index (χ0) is 19.4. The van der Waals surface area contributed by atoms with Crippen molar-refractivity contribution in [2.75, 3.05) is 11.1 Å². The highest BCUT2D eigenvalue weighted by molar-refractivity contribution is 7.98. The number of thioether (sulfide) groups is 1. The number of nitrogen functional groups attached to an aromatic ring is 1. The fraction of sp³-hybridized carbons (Fsp3) is 0.0556. The highest BCUT2D eigenvalue weighted by atomic mass is 35.5. The van der Waals surface area contributed by atoms with E-state index in [1.807, 2.05) is 18.2 Å². The van der Waals surface area contributed by atoms with Crippen molar-refractivity contribution in [2.45, 2.75) is 10.9 Å². The van der Waals surface area contributed by atoms with Crippen molar-refractivity contribution in [3.63, 3.8) is 0 Å². The predicted molar refractivity (Wildman–Crippen MR) is 105 cm³/mol. The smallest absolute Gasteiger partial charge is 0.277 e. The summed E-state index contributed by atoms with van der Waals surface area (Å²) in [4.78, 5) is 31.1. The molecule has 0 bridgehead atoms. The molecule has 1 aromatic heterocycles. The molecule has 27 heavy (non-hydrogen) atoms. The summed E-state index contributed by atoms with van der Waals surface area (Å²) in [5.74, 6) is -0.685. The molecule has 0 aliphatic heterocycles. The zero-order valence-corrected chi connectivity index (χ0v) is 15.4. The molecule has 0 unspecified atom stereocenters. The molecule has 2 aromatic carbocycles. The zero-order valence-electron chi connectivity index (χ0n) is 13.8. The van der Waals surface area contributed by atoms with Crippen molar-refractivity contribution < 1.29 is 9.18 Å². The predicted octanol–water partition coefficient (Wildman–Crippen LogP) is 3.69. The van der Waals surface area contributed by atoms with Crippen molar-refractivity contribution in [3.05, 3.63) is 80.9 Å². The summed E-state index contributed by atoms with van der Waals surface area (Å²) in [6.45, 7) is 0. The van der Waals surface area contributed by atoms with Crippen LogP contribution in [0.3, 0.4) is 0 Å². The van der Waals surface area contributed by atoms with Crippen LogP contribution < -0.4 is 16.6 Å². The Bertz CT molecular complexity index is 1040. The minimum Gasteiger partial charge on any atom is -0.382 e. The van der Waals surface area contributed by atoms with Crippen LogP contribution in [-0.4, -0.2) is 15.9 Å². The normalized spacial score (nSPS) is 10.6. The number of carbonyl (C=O) groups excluding carboxylic acids is 1. The van der Waals surface area contributed by atoms with E-state index in [9.17, 15) is 14.0 Å². The number of nitrogens with one attached hydrogen (secondary N) is 2. The summed E-state index contributed by atoms with van der Waals surface area (Å²) in [5, 5.41) is 3.32. The number of nitrogens with zero attached hydrogens (tertiary/aromatic N) is 1. The standard InChI is InChI=1S/C18H14ClFN4O2S/c19-13-4-2-1-3-11(13)9-27-18-23-15(21)14(17(26)24-18)22-16(25)10-5-7-12(20)8-6-10/h1-8H,9H2,(H,22,25)(H3,21,23,24,26). The molecule has 0 fully saturated rings. The average Bonchev–Trinajstić information content (AvgIpc) is 2.64. The Balaban J connectivity index is 1.75. The van der Waals surface area contributed by atoms with Gasteiger partial charge >= 0.3 is 0 Å². The van der Waals surface area contributed by atoms with Crippen LogP contribution in [0, 0.1) is 5.82 Å². The summed E-state index contributed by atoms with van der Waals surface area (Å²) in [6.07, 6.45) is 0. The van der Waals surface area contributed by atoms with E-state index in [2.05, 4.69) is 15.3 Å². The van der Waals surface area contributed by atoms with Gasteiger partial charge in [0.05, 0.1) is 0 Å². The lowest BCUT2D eigenvalue weighted by Crippen LogP contribution is -2.23. The van der Waals surface area contributed by atoms with Gasteiger partial charge in [-0.3, -0.25) is 14.6 Å². The number of H-pyrrole nitrogens is 1. The molecule has 1 heterocycles. The topological polar surface area (TPSA) is 101 Å². The van der Waals surface area contributed by atoms with Crippen molar-refractivity contribution in [2.24, 2.45) is 0 Å². The van der Waals surface area contributed by atoms with Crippen molar-refractivity contribution in [1.29, 1.82) is 0 Å². The minimum atomic E-state index is -0.592. The van der Waals surface area contributed by atoms with E-state index in [1.54, 1.807) is 6.07 Å². The Kier molecular flexibility index (Phi) is 5.78. The third kappa shape index (κ3) is 4.66. The first-order chi connectivity index (χ1) is 12.9. The molecule has 3 aromatic rings. The summed E-state index contributed by atoms with van der Waals surface area (Å²) >= 11 is 7.36. The van der Waals surface area contributed by atoms with Crippen LogP contribution in [0.15, 0.2) is 58.5 Å². The van der Waals surface area contributed by atoms with E-state index in [1.165, 1.54) is 23.9 Å². The van der Waals surface area contributed by atoms with Gasteiger partial charge in [-0.15, -0.1) is 0 Å². The second kappa shape index (κ2) is 8.24. The van der Waals surface area contributed by atoms with E-state index < -0.39 is 17.3 Å². The number of aromatic nitrogens is 2.